The van der Waals surface area contributed by atoms with E-state index in [1.54, 1.807) is 13.2 Å². The normalized spacial score (nSPS) is 10.2. The highest BCUT2D eigenvalue weighted by atomic mass is 35.5. The van der Waals surface area contributed by atoms with Gasteiger partial charge in [0.1, 0.15) is 6.07 Å². The van der Waals surface area contributed by atoms with Gasteiger partial charge >= 0.3 is 0 Å². The third kappa shape index (κ3) is 3.07. The molecule has 0 spiro atoms. The highest BCUT2D eigenvalue weighted by molar-refractivity contribution is 6.17. The molecule has 0 atom stereocenters. The minimum absolute atomic E-state index is 0.519. The summed E-state index contributed by atoms with van der Waals surface area (Å²) in [5.74, 6) is 1.82. The summed E-state index contributed by atoms with van der Waals surface area (Å²) in [4.78, 5) is 4.23. The lowest BCUT2D eigenvalue weighted by Crippen LogP contribution is -2.00. The van der Waals surface area contributed by atoms with Crippen molar-refractivity contribution in [3.05, 3.63) is 30.0 Å². The van der Waals surface area contributed by atoms with Crippen LogP contribution in [0.25, 0.3) is 10.9 Å². The Morgan fingerprint density at radius 2 is 2.16 bits per heavy atom. The molecule has 2 rings (SSSR count). The maximum absolute atomic E-state index is 8.86. The SMILES string of the molecule is COc1cc2cc(C#N)cnc2cc1OCCCCl. The van der Waals surface area contributed by atoms with Crippen LogP contribution >= 0.6 is 11.6 Å². The van der Waals surface area contributed by atoms with E-state index in [1.165, 1.54) is 6.20 Å². The second kappa shape index (κ2) is 6.26. The molecule has 0 aliphatic carbocycles. The molecule has 0 saturated carbocycles. The number of hydrogen-bond donors (Lipinski definition) is 0. The van der Waals surface area contributed by atoms with Crippen LogP contribution in [0.15, 0.2) is 24.4 Å². The summed E-state index contributed by atoms with van der Waals surface area (Å²) < 4.78 is 10.9. The molecule has 0 saturated heterocycles. The molecule has 98 valence electrons. The molecule has 0 amide bonds. The van der Waals surface area contributed by atoms with Gasteiger partial charge in [-0.05, 0) is 18.6 Å². The molecule has 1 aromatic carbocycles. The number of hydrogen-bond acceptors (Lipinski definition) is 4. The van der Waals surface area contributed by atoms with E-state index in [9.17, 15) is 0 Å². The molecule has 19 heavy (non-hydrogen) atoms. The minimum atomic E-state index is 0.519. The molecule has 0 bridgehead atoms. The molecule has 0 radical (unpaired) electrons. The molecule has 2 aromatic rings. The topological polar surface area (TPSA) is 55.1 Å². The Kier molecular flexibility index (Phi) is 4.43. The Bertz CT molecular complexity index is 623. The van der Waals surface area contributed by atoms with Crippen molar-refractivity contribution in [3.8, 4) is 17.6 Å². The van der Waals surface area contributed by atoms with E-state index in [0.29, 0.717) is 29.5 Å². The first-order valence-electron chi connectivity index (χ1n) is 5.85. The van der Waals surface area contributed by atoms with Gasteiger partial charge in [0.15, 0.2) is 11.5 Å². The van der Waals surface area contributed by atoms with Crippen LogP contribution in [0.4, 0.5) is 0 Å². The molecular formula is C14H13ClN2O2. The number of nitrogens with zero attached hydrogens (tertiary/aromatic N) is 2. The van der Waals surface area contributed by atoms with Crippen molar-refractivity contribution in [2.24, 2.45) is 0 Å². The van der Waals surface area contributed by atoms with Crippen molar-refractivity contribution in [1.29, 1.82) is 5.26 Å². The standard InChI is InChI=1S/C14H13ClN2O2/c1-18-13-6-11-5-10(8-16)9-17-12(11)7-14(13)19-4-2-3-15/h5-7,9H,2-4H2,1H3. The van der Waals surface area contributed by atoms with Crippen LogP contribution in [-0.4, -0.2) is 24.6 Å². The Balaban J connectivity index is 2.39. The second-order valence-electron chi connectivity index (χ2n) is 3.92. The Morgan fingerprint density at radius 1 is 1.32 bits per heavy atom. The molecular weight excluding hydrogens is 264 g/mol. The molecule has 0 N–H and O–H groups in total. The van der Waals surface area contributed by atoms with E-state index < -0.39 is 0 Å². The maximum atomic E-state index is 8.86. The van der Waals surface area contributed by atoms with Crippen molar-refractivity contribution in [2.75, 3.05) is 19.6 Å². The second-order valence-corrected chi connectivity index (χ2v) is 4.30. The quantitative estimate of drug-likeness (QED) is 0.622. The van der Waals surface area contributed by atoms with Crippen molar-refractivity contribution >= 4 is 22.5 Å². The third-order valence-electron chi connectivity index (χ3n) is 2.63. The van der Waals surface area contributed by atoms with Crippen LogP contribution in [0, 0.1) is 11.3 Å². The minimum Gasteiger partial charge on any atom is -0.493 e. The highest BCUT2D eigenvalue weighted by Crippen LogP contribution is 2.31. The number of fused-ring (bicyclic) bond motifs is 1. The molecule has 0 fully saturated rings. The predicted molar refractivity (Wildman–Crippen MR) is 73.8 cm³/mol. The van der Waals surface area contributed by atoms with Gasteiger partial charge in [-0.3, -0.25) is 4.98 Å². The number of pyridine rings is 1. The third-order valence-corrected chi connectivity index (χ3v) is 2.90. The zero-order valence-electron chi connectivity index (χ0n) is 10.5. The lowest BCUT2D eigenvalue weighted by molar-refractivity contribution is 0.295. The number of nitriles is 1. The average molecular weight is 277 g/mol. The maximum Gasteiger partial charge on any atom is 0.163 e. The number of ether oxygens (including phenoxy) is 2. The van der Waals surface area contributed by atoms with Gasteiger partial charge in [-0.1, -0.05) is 0 Å². The van der Waals surface area contributed by atoms with Crippen LogP contribution in [0.2, 0.25) is 0 Å². The summed E-state index contributed by atoms with van der Waals surface area (Å²) in [5.41, 5.74) is 1.28. The molecule has 1 heterocycles. The molecule has 5 heteroatoms. The van der Waals surface area contributed by atoms with E-state index in [2.05, 4.69) is 11.1 Å². The van der Waals surface area contributed by atoms with Crippen LogP contribution in [0.5, 0.6) is 11.5 Å². The van der Waals surface area contributed by atoms with Gasteiger partial charge in [-0.25, -0.2) is 0 Å². The van der Waals surface area contributed by atoms with Crippen LogP contribution < -0.4 is 9.47 Å². The number of rotatable bonds is 5. The fraction of sp³-hybridized carbons (Fsp3) is 0.286. The fourth-order valence-electron chi connectivity index (χ4n) is 1.71. The van der Waals surface area contributed by atoms with Gasteiger partial charge in [0.25, 0.3) is 0 Å². The lowest BCUT2D eigenvalue weighted by atomic mass is 10.1. The summed E-state index contributed by atoms with van der Waals surface area (Å²) >= 11 is 5.62. The summed E-state index contributed by atoms with van der Waals surface area (Å²) in [5, 5.41) is 9.71. The van der Waals surface area contributed by atoms with E-state index in [4.69, 9.17) is 26.3 Å². The summed E-state index contributed by atoms with van der Waals surface area (Å²) in [6.07, 6.45) is 2.31. The predicted octanol–water partition coefficient (Wildman–Crippen LogP) is 3.12. The number of aromatic nitrogens is 1. The van der Waals surface area contributed by atoms with Crippen LogP contribution in [-0.2, 0) is 0 Å². The van der Waals surface area contributed by atoms with E-state index in [1.807, 2.05) is 12.1 Å². The smallest absolute Gasteiger partial charge is 0.163 e. The van der Waals surface area contributed by atoms with Crippen molar-refractivity contribution in [1.82, 2.24) is 4.98 Å². The van der Waals surface area contributed by atoms with Gasteiger partial charge in [-0.15, -0.1) is 11.6 Å². The average Bonchev–Trinajstić information content (AvgIpc) is 2.46. The van der Waals surface area contributed by atoms with Gasteiger partial charge < -0.3 is 9.47 Å². The van der Waals surface area contributed by atoms with Crippen molar-refractivity contribution < 1.29 is 9.47 Å². The first kappa shape index (κ1) is 13.4. The Hall–Kier alpha value is -1.99. The number of alkyl halides is 1. The van der Waals surface area contributed by atoms with Gasteiger partial charge in [0, 0.05) is 23.5 Å². The van der Waals surface area contributed by atoms with Gasteiger partial charge in [-0.2, -0.15) is 5.26 Å². The first-order valence-corrected chi connectivity index (χ1v) is 6.38. The lowest BCUT2D eigenvalue weighted by Gasteiger charge is -2.11. The molecule has 1 aromatic heterocycles. The summed E-state index contributed by atoms with van der Waals surface area (Å²) in [7, 11) is 1.58. The number of benzene rings is 1. The van der Waals surface area contributed by atoms with E-state index in [0.717, 1.165) is 17.3 Å². The largest absolute Gasteiger partial charge is 0.493 e. The van der Waals surface area contributed by atoms with E-state index in [-0.39, 0.29) is 0 Å². The van der Waals surface area contributed by atoms with Crippen molar-refractivity contribution in [3.63, 3.8) is 0 Å². The first-order chi connectivity index (χ1) is 9.28. The Morgan fingerprint density at radius 3 is 2.84 bits per heavy atom. The van der Waals surface area contributed by atoms with Crippen molar-refractivity contribution in [2.45, 2.75) is 6.42 Å². The molecule has 0 aliphatic rings. The van der Waals surface area contributed by atoms with Gasteiger partial charge in [0.2, 0.25) is 0 Å². The fourth-order valence-corrected chi connectivity index (χ4v) is 1.82. The van der Waals surface area contributed by atoms with Crippen LogP contribution in [0.1, 0.15) is 12.0 Å². The zero-order chi connectivity index (χ0) is 13.7. The van der Waals surface area contributed by atoms with Gasteiger partial charge in [0.05, 0.1) is 24.8 Å². The molecule has 4 nitrogen and oxygen atoms in total. The molecule has 0 unspecified atom stereocenters. The number of methoxy groups -OCH3 is 1. The van der Waals surface area contributed by atoms with Crippen LogP contribution in [0.3, 0.4) is 0 Å². The highest BCUT2D eigenvalue weighted by Gasteiger charge is 2.08. The Labute approximate surface area is 116 Å². The summed E-state index contributed by atoms with van der Waals surface area (Å²) in [6, 6.07) is 7.46. The molecule has 0 aliphatic heterocycles. The zero-order valence-corrected chi connectivity index (χ0v) is 11.3. The number of halogens is 1. The summed E-state index contributed by atoms with van der Waals surface area (Å²) in [6.45, 7) is 0.529. The van der Waals surface area contributed by atoms with E-state index >= 15 is 0 Å². The monoisotopic (exact) mass is 276 g/mol.